The van der Waals surface area contributed by atoms with E-state index >= 15 is 0 Å². The topological polar surface area (TPSA) is 61.8 Å². The summed E-state index contributed by atoms with van der Waals surface area (Å²) in [6.07, 6.45) is -0.768. The van der Waals surface area contributed by atoms with Crippen LogP contribution in [0.1, 0.15) is 19.4 Å². The van der Waals surface area contributed by atoms with E-state index in [-0.39, 0.29) is 12.3 Å². The molecule has 20 heavy (non-hydrogen) atoms. The third-order valence-corrected chi connectivity index (χ3v) is 2.80. The summed E-state index contributed by atoms with van der Waals surface area (Å²) in [7, 11) is 2.85. The van der Waals surface area contributed by atoms with E-state index in [2.05, 4.69) is 4.74 Å². The Labute approximate surface area is 118 Å². The van der Waals surface area contributed by atoms with Crippen LogP contribution in [0.2, 0.25) is 0 Å². The first-order valence-electron chi connectivity index (χ1n) is 6.38. The van der Waals surface area contributed by atoms with E-state index in [9.17, 15) is 9.59 Å². The van der Waals surface area contributed by atoms with Gasteiger partial charge in [0.15, 0.2) is 0 Å². The van der Waals surface area contributed by atoms with E-state index < -0.39 is 18.0 Å². The number of carbonyl (C=O) groups excluding carboxylic acids is 2. The highest BCUT2D eigenvalue weighted by molar-refractivity contribution is 5.80. The summed E-state index contributed by atoms with van der Waals surface area (Å²) in [4.78, 5) is 23.3. The Balaban J connectivity index is 2.63. The second kappa shape index (κ2) is 7.53. The van der Waals surface area contributed by atoms with Crippen LogP contribution in [0.25, 0.3) is 0 Å². The van der Waals surface area contributed by atoms with Crippen molar-refractivity contribution in [1.29, 1.82) is 0 Å². The van der Waals surface area contributed by atoms with Crippen LogP contribution in [-0.4, -0.2) is 32.3 Å². The molecular weight excluding hydrogens is 260 g/mol. The second-order valence-corrected chi connectivity index (χ2v) is 4.70. The van der Waals surface area contributed by atoms with Crippen LogP contribution in [-0.2, 0) is 25.5 Å². The summed E-state index contributed by atoms with van der Waals surface area (Å²) >= 11 is 0. The molecule has 0 radical (unpaired) electrons. The molecule has 0 amide bonds. The minimum Gasteiger partial charge on any atom is -0.497 e. The Kier molecular flexibility index (Phi) is 6.03. The van der Waals surface area contributed by atoms with Gasteiger partial charge in [0, 0.05) is 5.92 Å². The van der Waals surface area contributed by atoms with Crippen molar-refractivity contribution in [2.75, 3.05) is 14.2 Å². The zero-order chi connectivity index (χ0) is 15.1. The molecule has 1 aromatic carbocycles. The first-order valence-corrected chi connectivity index (χ1v) is 6.38. The van der Waals surface area contributed by atoms with Crippen LogP contribution in [0.3, 0.4) is 0 Å². The molecule has 0 saturated heterocycles. The standard InChI is InChI=1S/C15H20O5/c1-10(2)14(15(17)19-4)20-13(16)9-11-5-7-12(18-3)8-6-11/h5-8,10,14H,9H2,1-4H3. The van der Waals surface area contributed by atoms with Crippen LogP contribution in [0.15, 0.2) is 24.3 Å². The Bertz CT molecular complexity index is 450. The Morgan fingerprint density at radius 2 is 1.70 bits per heavy atom. The molecule has 1 rings (SSSR count). The molecule has 0 aliphatic carbocycles. The van der Waals surface area contributed by atoms with Gasteiger partial charge < -0.3 is 14.2 Å². The number of esters is 2. The normalized spacial score (nSPS) is 11.8. The van der Waals surface area contributed by atoms with Gasteiger partial charge in [-0.25, -0.2) is 4.79 Å². The molecule has 0 aliphatic heterocycles. The van der Waals surface area contributed by atoms with E-state index in [1.54, 1.807) is 45.2 Å². The fourth-order valence-electron chi connectivity index (χ4n) is 1.67. The lowest BCUT2D eigenvalue weighted by Gasteiger charge is -2.18. The molecule has 1 unspecified atom stereocenters. The van der Waals surface area contributed by atoms with Gasteiger partial charge in [0.2, 0.25) is 6.10 Å². The fraction of sp³-hybridized carbons (Fsp3) is 0.467. The highest BCUT2D eigenvalue weighted by Crippen LogP contribution is 2.14. The monoisotopic (exact) mass is 280 g/mol. The van der Waals surface area contributed by atoms with Gasteiger partial charge in [-0.2, -0.15) is 0 Å². The quantitative estimate of drug-likeness (QED) is 0.746. The third-order valence-electron chi connectivity index (χ3n) is 2.80. The number of benzene rings is 1. The van der Waals surface area contributed by atoms with Crippen molar-refractivity contribution in [1.82, 2.24) is 0 Å². The molecule has 0 fully saturated rings. The van der Waals surface area contributed by atoms with Crippen LogP contribution in [0, 0.1) is 5.92 Å². The van der Waals surface area contributed by atoms with E-state index in [0.29, 0.717) is 0 Å². The minimum absolute atomic E-state index is 0.101. The summed E-state index contributed by atoms with van der Waals surface area (Å²) in [5.41, 5.74) is 0.795. The number of carbonyl (C=O) groups is 2. The molecule has 0 aromatic heterocycles. The van der Waals surface area contributed by atoms with Gasteiger partial charge >= 0.3 is 11.9 Å². The summed E-state index contributed by atoms with van der Waals surface area (Å²) in [5, 5.41) is 0. The van der Waals surface area contributed by atoms with E-state index in [1.807, 2.05) is 0 Å². The van der Waals surface area contributed by atoms with Crippen molar-refractivity contribution in [3.05, 3.63) is 29.8 Å². The lowest BCUT2D eigenvalue weighted by atomic mass is 10.1. The number of hydrogen-bond donors (Lipinski definition) is 0. The molecule has 0 N–H and O–H groups in total. The Morgan fingerprint density at radius 3 is 2.15 bits per heavy atom. The second-order valence-electron chi connectivity index (χ2n) is 4.70. The molecule has 0 aliphatic rings. The van der Waals surface area contributed by atoms with Crippen LogP contribution in [0.5, 0.6) is 5.75 Å². The van der Waals surface area contributed by atoms with Crippen LogP contribution < -0.4 is 4.74 Å². The fourth-order valence-corrected chi connectivity index (χ4v) is 1.67. The summed E-state index contributed by atoms with van der Waals surface area (Å²) in [6.45, 7) is 3.59. The highest BCUT2D eigenvalue weighted by atomic mass is 16.6. The average molecular weight is 280 g/mol. The van der Waals surface area contributed by atoms with Crippen molar-refractivity contribution < 1.29 is 23.8 Å². The molecular formula is C15H20O5. The van der Waals surface area contributed by atoms with Crippen molar-refractivity contribution in [3.8, 4) is 5.75 Å². The number of ether oxygens (including phenoxy) is 3. The maximum absolute atomic E-state index is 11.8. The van der Waals surface area contributed by atoms with E-state index in [4.69, 9.17) is 9.47 Å². The molecule has 110 valence electrons. The molecule has 0 saturated carbocycles. The van der Waals surface area contributed by atoms with Crippen molar-refractivity contribution in [2.24, 2.45) is 5.92 Å². The summed E-state index contributed by atoms with van der Waals surface area (Å²) in [6, 6.07) is 7.09. The smallest absolute Gasteiger partial charge is 0.347 e. The first kappa shape index (κ1) is 16.0. The van der Waals surface area contributed by atoms with Gasteiger partial charge in [-0.15, -0.1) is 0 Å². The van der Waals surface area contributed by atoms with Crippen molar-refractivity contribution >= 4 is 11.9 Å². The molecule has 1 atom stereocenters. The molecule has 0 spiro atoms. The van der Waals surface area contributed by atoms with Crippen molar-refractivity contribution in [3.63, 3.8) is 0 Å². The van der Waals surface area contributed by atoms with Crippen molar-refractivity contribution in [2.45, 2.75) is 26.4 Å². The highest BCUT2D eigenvalue weighted by Gasteiger charge is 2.27. The molecule has 0 bridgehead atoms. The van der Waals surface area contributed by atoms with Gasteiger partial charge in [-0.3, -0.25) is 4.79 Å². The number of methoxy groups -OCH3 is 2. The lowest BCUT2D eigenvalue weighted by Crippen LogP contribution is -2.33. The maximum atomic E-state index is 11.8. The molecule has 5 nitrogen and oxygen atoms in total. The number of hydrogen-bond acceptors (Lipinski definition) is 5. The zero-order valence-electron chi connectivity index (χ0n) is 12.2. The van der Waals surface area contributed by atoms with Gasteiger partial charge in [0.05, 0.1) is 20.6 Å². The Morgan fingerprint density at radius 1 is 1.10 bits per heavy atom. The minimum atomic E-state index is -0.870. The first-order chi connectivity index (χ1) is 9.47. The van der Waals surface area contributed by atoms with Gasteiger partial charge in [0.25, 0.3) is 0 Å². The molecule has 1 aromatic rings. The van der Waals surface area contributed by atoms with E-state index in [1.165, 1.54) is 7.11 Å². The number of rotatable bonds is 6. The van der Waals surface area contributed by atoms with Gasteiger partial charge in [0.1, 0.15) is 5.75 Å². The Hall–Kier alpha value is -2.04. The molecule has 5 heteroatoms. The zero-order valence-corrected chi connectivity index (χ0v) is 12.2. The van der Waals surface area contributed by atoms with Crippen LogP contribution >= 0.6 is 0 Å². The maximum Gasteiger partial charge on any atom is 0.347 e. The predicted molar refractivity (Wildman–Crippen MR) is 73.4 cm³/mol. The summed E-state index contributed by atoms with van der Waals surface area (Å²) < 4.78 is 14.8. The van der Waals surface area contributed by atoms with E-state index in [0.717, 1.165) is 11.3 Å². The van der Waals surface area contributed by atoms with Crippen LogP contribution in [0.4, 0.5) is 0 Å². The third kappa shape index (κ3) is 4.57. The SMILES string of the molecule is COC(=O)C(OC(=O)Cc1ccc(OC)cc1)C(C)C. The largest absolute Gasteiger partial charge is 0.497 e. The average Bonchev–Trinajstić information content (AvgIpc) is 2.44. The molecule has 0 heterocycles. The van der Waals surface area contributed by atoms with Gasteiger partial charge in [-0.1, -0.05) is 26.0 Å². The lowest BCUT2D eigenvalue weighted by molar-refractivity contribution is -0.168. The predicted octanol–water partition coefficient (Wildman–Crippen LogP) is 1.98. The summed E-state index contributed by atoms with van der Waals surface area (Å²) in [5.74, 6) is -0.415. The van der Waals surface area contributed by atoms with Gasteiger partial charge in [-0.05, 0) is 17.7 Å².